The molecule has 29 heavy (non-hydrogen) atoms. The lowest BCUT2D eigenvalue weighted by Gasteiger charge is -2.18. The Morgan fingerprint density at radius 1 is 1.24 bits per heavy atom. The molecule has 1 unspecified atom stereocenters. The van der Waals surface area contributed by atoms with Crippen molar-refractivity contribution in [2.24, 2.45) is 0 Å². The molecule has 2 aromatic heterocycles. The monoisotopic (exact) mass is 420 g/mol. The van der Waals surface area contributed by atoms with E-state index >= 15 is 0 Å². The number of aromatic nitrogens is 3. The molecule has 0 aliphatic carbocycles. The highest BCUT2D eigenvalue weighted by atomic mass is 35.5. The maximum absolute atomic E-state index is 13.4. The molecule has 0 bridgehead atoms. The van der Waals surface area contributed by atoms with Gasteiger partial charge in [0.15, 0.2) is 0 Å². The second kappa shape index (κ2) is 10.7. The van der Waals surface area contributed by atoms with Gasteiger partial charge >= 0.3 is 0 Å². The van der Waals surface area contributed by atoms with E-state index in [4.69, 9.17) is 16.7 Å². The van der Waals surface area contributed by atoms with Crippen LogP contribution in [0.2, 0.25) is 5.02 Å². The lowest BCUT2D eigenvalue weighted by Crippen LogP contribution is -2.26. The molecule has 0 saturated heterocycles. The number of benzene rings is 1. The van der Waals surface area contributed by atoms with E-state index in [2.05, 4.69) is 15.3 Å². The van der Waals surface area contributed by atoms with Crippen molar-refractivity contribution in [3.8, 4) is 11.3 Å². The van der Waals surface area contributed by atoms with Crippen molar-refractivity contribution in [1.29, 1.82) is 0 Å². The maximum atomic E-state index is 13.4. The van der Waals surface area contributed by atoms with Crippen molar-refractivity contribution >= 4 is 17.5 Å². The summed E-state index contributed by atoms with van der Waals surface area (Å²) in [7, 11) is 1.00. The molecule has 0 saturated carbocycles. The van der Waals surface area contributed by atoms with Gasteiger partial charge in [0.2, 0.25) is 5.95 Å². The quantitative estimate of drug-likeness (QED) is 0.567. The number of nitrogens with zero attached hydrogens (tertiary/aromatic N) is 3. The van der Waals surface area contributed by atoms with Gasteiger partial charge in [0.1, 0.15) is 5.82 Å². The Hall–Kier alpha value is -2.81. The van der Waals surface area contributed by atoms with Gasteiger partial charge in [-0.1, -0.05) is 17.7 Å². The van der Waals surface area contributed by atoms with Gasteiger partial charge < -0.3 is 20.1 Å². The van der Waals surface area contributed by atoms with Crippen molar-refractivity contribution in [2.75, 3.05) is 25.6 Å². The average Bonchev–Trinajstić information content (AvgIpc) is 2.74. The fourth-order valence-corrected chi connectivity index (χ4v) is 2.93. The van der Waals surface area contributed by atoms with E-state index in [0.717, 1.165) is 7.11 Å². The Bertz CT molecular complexity index is 1010. The van der Waals surface area contributed by atoms with Crippen molar-refractivity contribution < 1.29 is 14.6 Å². The fourth-order valence-electron chi connectivity index (χ4n) is 2.74. The molecule has 2 heterocycles. The first-order chi connectivity index (χ1) is 14.0. The first-order valence-electron chi connectivity index (χ1n) is 8.83. The number of hydrogen-bond donors (Lipinski definition) is 3. The second-order valence-electron chi connectivity index (χ2n) is 5.83. The molecule has 7 nitrogen and oxygen atoms in total. The predicted molar refractivity (Wildman–Crippen MR) is 111 cm³/mol. The summed E-state index contributed by atoms with van der Waals surface area (Å²) < 4.78 is 14.8. The van der Waals surface area contributed by atoms with E-state index in [1.54, 1.807) is 24.5 Å². The molecule has 3 aromatic rings. The third-order valence-electron chi connectivity index (χ3n) is 4.07. The van der Waals surface area contributed by atoms with Crippen LogP contribution in [0.5, 0.6) is 0 Å². The number of rotatable bonds is 6. The SMILES string of the molecule is CCNc1nccc(-c2ccn(C(CO)c3ccc(F)c(Cl)c3)c(=O)c2)n1.CO. The predicted octanol–water partition coefficient (Wildman–Crippen LogP) is 2.72. The topological polar surface area (TPSA) is 100 Å². The first kappa shape index (κ1) is 22.5. The van der Waals surface area contributed by atoms with Crippen LogP contribution in [0.3, 0.4) is 0 Å². The highest BCUT2D eigenvalue weighted by Crippen LogP contribution is 2.23. The summed E-state index contributed by atoms with van der Waals surface area (Å²) in [5.41, 5.74) is 1.45. The highest BCUT2D eigenvalue weighted by Gasteiger charge is 2.16. The van der Waals surface area contributed by atoms with Crippen LogP contribution in [0.1, 0.15) is 18.5 Å². The number of anilines is 1. The van der Waals surface area contributed by atoms with Crippen LogP contribution in [-0.2, 0) is 0 Å². The average molecular weight is 421 g/mol. The first-order valence-corrected chi connectivity index (χ1v) is 9.21. The Kier molecular flexibility index (Phi) is 8.26. The Balaban J connectivity index is 0.00000145. The van der Waals surface area contributed by atoms with Crippen molar-refractivity contribution in [3.63, 3.8) is 0 Å². The van der Waals surface area contributed by atoms with Gasteiger partial charge in [-0.05, 0) is 36.8 Å². The molecular weight excluding hydrogens is 399 g/mol. The summed E-state index contributed by atoms with van der Waals surface area (Å²) in [5, 5.41) is 19.7. The van der Waals surface area contributed by atoms with Crippen LogP contribution in [0.25, 0.3) is 11.3 Å². The molecule has 3 N–H and O–H groups in total. The molecule has 154 valence electrons. The van der Waals surface area contributed by atoms with E-state index in [1.165, 1.54) is 28.8 Å². The molecule has 0 amide bonds. The van der Waals surface area contributed by atoms with Crippen molar-refractivity contribution in [1.82, 2.24) is 14.5 Å². The zero-order valence-electron chi connectivity index (χ0n) is 16.0. The summed E-state index contributed by atoms with van der Waals surface area (Å²) in [5.74, 6) is -0.0755. The fraction of sp³-hybridized carbons (Fsp3) is 0.250. The lowest BCUT2D eigenvalue weighted by atomic mass is 10.1. The van der Waals surface area contributed by atoms with Gasteiger partial charge in [0.05, 0.1) is 23.4 Å². The third kappa shape index (κ3) is 5.38. The minimum absolute atomic E-state index is 0.0624. The molecule has 3 rings (SSSR count). The smallest absolute Gasteiger partial charge is 0.251 e. The Labute approximate surface area is 172 Å². The standard InChI is InChI=1S/C19H18ClFN4O2.CH4O/c1-2-22-19-23-7-5-16(24-19)12-6-8-25(18(27)10-12)17(11-26)13-3-4-15(21)14(20)9-13;1-2/h3-10,17,26H,2,11H2,1H3,(H,22,23,24);2H,1H3. The van der Waals surface area contributed by atoms with E-state index in [9.17, 15) is 14.3 Å². The molecule has 0 fully saturated rings. The zero-order chi connectivity index (χ0) is 21.4. The van der Waals surface area contributed by atoms with Crippen LogP contribution in [0, 0.1) is 5.82 Å². The van der Waals surface area contributed by atoms with E-state index in [0.29, 0.717) is 29.3 Å². The van der Waals surface area contributed by atoms with Crippen LogP contribution < -0.4 is 10.9 Å². The van der Waals surface area contributed by atoms with Crippen LogP contribution in [-0.4, -0.2) is 45.0 Å². The molecule has 9 heteroatoms. The van der Waals surface area contributed by atoms with E-state index in [1.807, 2.05) is 6.92 Å². The number of pyridine rings is 1. The van der Waals surface area contributed by atoms with Gasteiger partial charge in [-0.25, -0.2) is 14.4 Å². The Morgan fingerprint density at radius 2 is 2.00 bits per heavy atom. The van der Waals surface area contributed by atoms with Gasteiger partial charge in [-0.15, -0.1) is 0 Å². The van der Waals surface area contributed by atoms with Crippen LogP contribution in [0.15, 0.2) is 53.6 Å². The second-order valence-corrected chi connectivity index (χ2v) is 6.24. The largest absolute Gasteiger partial charge is 0.400 e. The minimum Gasteiger partial charge on any atom is -0.400 e. The highest BCUT2D eigenvalue weighted by molar-refractivity contribution is 6.30. The zero-order valence-corrected chi connectivity index (χ0v) is 16.8. The summed E-state index contributed by atoms with van der Waals surface area (Å²) in [6, 6.07) is 8.32. The molecule has 0 aliphatic heterocycles. The summed E-state index contributed by atoms with van der Waals surface area (Å²) in [6.07, 6.45) is 3.19. The van der Waals surface area contributed by atoms with E-state index in [-0.39, 0.29) is 17.2 Å². The molecule has 0 aliphatic rings. The molecular formula is C20H22ClFN4O3. The van der Waals surface area contributed by atoms with Crippen LogP contribution in [0.4, 0.5) is 10.3 Å². The van der Waals surface area contributed by atoms with Gasteiger partial charge in [0, 0.05) is 37.7 Å². The summed E-state index contributed by atoms with van der Waals surface area (Å²) >= 11 is 5.82. The van der Waals surface area contributed by atoms with Gasteiger partial charge in [-0.2, -0.15) is 0 Å². The van der Waals surface area contributed by atoms with Crippen molar-refractivity contribution in [3.05, 3.63) is 75.5 Å². The number of hydrogen-bond acceptors (Lipinski definition) is 6. The lowest BCUT2D eigenvalue weighted by molar-refractivity contribution is 0.247. The maximum Gasteiger partial charge on any atom is 0.251 e. The van der Waals surface area contributed by atoms with Gasteiger partial charge in [-0.3, -0.25) is 4.79 Å². The number of halogens is 2. The van der Waals surface area contributed by atoms with Crippen LogP contribution >= 0.6 is 11.6 Å². The number of aliphatic hydroxyl groups is 2. The molecule has 0 spiro atoms. The summed E-state index contributed by atoms with van der Waals surface area (Å²) in [4.78, 5) is 21.1. The minimum atomic E-state index is -0.674. The number of nitrogens with one attached hydrogen (secondary N) is 1. The third-order valence-corrected chi connectivity index (χ3v) is 4.36. The molecule has 1 atom stereocenters. The van der Waals surface area contributed by atoms with E-state index < -0.39 is 11.9 Å². The summed E-state index contributed by atoms with van der Waals surface area (Å²) in [6.45, 7) is 2.29. The van der Waals surface area contributed by atoms with Crippen molar-refractivity contribution in [2.45, 2.75) is 13.0 Å². The Morgan fingerprint density at radius 3 is 2.62 bits per heavy atom. The number of aliphatic hydroxyl groups excluding tert-OH is 2. The normalized spacial score (nSPS) is 11.4. The molecule has 0 radical (unpaired) electrons. The molecule has 1 aromatic carbocycles. The van der Waals surface area contributed by atoms with Gasteiger partial charge in [0.25, 0.3) is 5.56 Å².